The summed E-state index contributed by atoms with van der Waals surface area (Å²) in [5.74, 6) is 0. The van der Waals surface area contributed by atoms with Gasteiger partial charge in [-0.05, 0) is 37.2 Å². The number of nitrogens with zero attached hydrogens (tertiary/aromatic N) is 1. The Bertz CT molecular complexity index is 362. The molecule has 1 heterocycles. The van der Waals surface area contributed by atoms with Crippen LogP contribution in [0.25, 0.3) is 0 Å². The molecule has 1 fully saturated rings. The third-order valence-corrected chi connectivity index (χ3v) is 3.21. The molecule has 0 spiro atoms. The average Bonchev–Trinajstić information content (AvgIpc) is 2.58. The fraction of sp³-hybridized carbons (Fsp3) is 0.538. The summed E-state index contributed by atoms with van der Waals surface area (Å²) in [5.41, 5.74) is 2.52. The van der Waals surface area contributed by atoms with Crippen LogP contribution in [0.2, 0.25) is 5.02 Å². The van der Waals surface area contributed by atoms with Gasteiger partial charge in [-0.15, -0.1) is 0 Å². The fourth-order valence-corrected chi connectivity index (χ4v) is 2.38. The Balaban J connectivity index is 2.22. The first-order chi connectivity index (χ1) is 8.31. The molecule has 1 aromatic rings. The highest BCUT2D eigenvalue weighted by atomic mass is 35.5. The van der Waals surface area contributed by atoms with Crippen molar-refractivity contribution in [3.63, 3.8) is 0 Å². The second-order valence-corrected chi connectivity index (χ2v) is 4.69. The molecule has 0 atom stereocenters. The standard InChI is InChI=1S/C13H19ClN2O/c1-15-10-11-9-12(14)3-4-13(11)16-5-2-7-17-8-6-16/h3-4,9,15H,2,5-8,10H2,1H3. The lowest BCUT2D eigenvalue weighted by molar-refractivity contribution is 0.152. The van der Waals surface area contributed by atoms with E-state index in [9.17, 15) is 0 Å². The lowest BCUT2D eigenvalue weighted by Gasteiger charge is -2.25. The molecule has 1 N–H and O–H groups in total. The molecule has 0 amide bonds. The van der Waals surface area contributed by atoms with Gasteiger partial charge in [0.05, 0.1) is 6.61 Å². The molecule has 1 saturated heterocycles. The van der Waals surface area contributed by atoms with Crippen molar-refractivity contribution in [3.8, 4) is 0 Å². The van der Waals surface area contributed by atoms with E-state index in [1.165, 1.54) is 11.3 Å². The van der Waals surface area contributed by atoms with E-state index in [1.54, 1.807) is 0 Å². The van der Waals surface area contributed by atoms with E-state index >= 15 is 0 Å². The quantitative estimate of drug-likeness (QED) is 0.896. The fourth-order valence-electron chi connectivity index (χ4n) is 2.18. The number of benzene rings is 1. The van der Waals surface area contributed by atoms with Gasteiger partial charge in [0, 0.05) is 37.0 Å². The van der Waals surface area contributed by atoms with Crippen molar-refractivity contribution < 1.29 is 4.74 Å². The first kappa shape index (κ1) is 12.7. The summed E-state index contributed by atoms with van der Waals surface area (Å²) in [5, 5.41) is 3.99. The molecule has 17 heavy (non-hydrogen) atoms. The van der Waals surface area contributed by atoms with E-state index in [-0.39, 0.29) is 0 Å². The van der Waals surface area contributed by atoms with Crippen LogP contribution in [0.5, 0.6) is 0 Å². The van der Waals surface area contributed by atoms with Crippen molar-refractivity contribution in [3.05, 3.63) is 28.8 Å². The zero-order valence-electron chi connectivity index (χ0n) is 10.2. The monoisotopic (exact) mass is 254 g/mol. The number of anilines is 1. The van der Waals surface area contributed by atoms with Gasteiger partial charge in [0.2, 0.25) is 0 Å². The van der Waals surface area contributed by atoms with Crippen molar-refractivity contribution in [2.24, 2.45) is 0 Å². The summed E-state index contributed by atoms with van der Waals surface area (Å²) < 4.78 is 5.49. The average molecular weight is 255 g/mol. The van der Waals surface area contributed by atoms with Crippen LogP contribution >= 0.6 is 11.6 Å². The van der Waals surface area contributed by atoms with Gasteiger partial charge in [-0.2, -0.15) is 0 Å². The third kappa shape index (κ3) is 3.35. The molecule has 0 radical (unpaired) electrons. The van der Waals surface area contributed by atoms with Crippen LogP contribution in [-0.4, -0.2) is 33.4 Å². The summed E-state index contributed by atoms with van der Waals surface area (Å²) in [6.45, 7) is 4.52. The van der Waals surface area contributed by atoms with E-state index in [1.807, 2.05) is 19.2 Å². The Kier molecular flexibility index (Phi) is 4.66. The van der Waals surface area contributed by atoms with E-state index in [0.29, 0.717) is 0 Å². The minimum atomic E-state index is 0.796. The highest BCUT2D eigenvalue weighted by Crippen LogP contribution is 2.25. The zero-order chi connectivity index (χ0) is 12.1. The van der Waals surface area contributed by atoms with Crippen LogP contribution in [0, 0.1) is 0 Å². The second kappa shape index (κ2) is 6.24. The Morgan fingerprint density at radius 1 is 1.35 bits per heavy atom. The van der Waals surface area contributed by atoms with Crippen LogP contribution in [0.15, 0.2) is 18.2 Å². The Morgan fingerprint density at radius 2 is 2.24 bits per heavy atom. The highest BCUT2D eigenvalue weighted by Gasteiger charge is 2.13. The van der Waals surface area contributed by atoms with Crippen molar-refractivity contribution in [1.29, 1.82) is 0 Å². The molecule has 0 saturated carbocycles. The zero-order valence-corrected chi connectivity index (χ0v) is 11.0. The summed E-state index contributed by atoms with van der Waals surface area (Å²) in [7, 11) is 1.95. The number of hydrogen-bond acceptors (Lipinski definition) is 3. The molecule has 4 heteroatoms. The lowest BCUT2D eigenvalue weighted by Crippen LogP contribution is -2.27. The minimum Gasteiger partial charge on any atom is -0.380 e. The SMILES string of the molecule is CNCc1cc(Cl)ccc1N1CCCOCC1. The molecule has 94 valence electrons. The smallest absolute Gasteiger partial charge is 0.0641 e. The van der Waals surface area contributed by atoms with Gasteiger partial charge in [-0.25, -0.2) is 0 Å². The molecule has 0 aromatic heterocycles. The molecule has 0 unspecified atom stereocenters. The van der Waals surface area contributed by atoms with Crippen molar-refractivity contribution in [1.82, 2.24) is 5.32 Å². The normalized spacial score (nSPS) is 16.9. The molecule has 0 aliphatic carbocycles. The highest BCUT2D eigenvalue weighted by molar-refractivity contribution is 6.30. The van der Waals surface area contributed by atoms with Gasteiger partial charge in [0.1, 0.15) is 0 Å². The largest absolute Gasteiger partial charge is 0.380 e. The molecule has 1 aliphatic heterocycles. The predicted octanol–water partition coefficient (Wildman–Crippen LogP) is 2.29. The summed E-state index contributed by atoms with van der Waals surface area (Å²) in [6, 6.07) is 6.11. The maximum Gasteiger partial charge on any atom is 0.0641 e. The van der Waals surface area contributed by atoms with E-state index < -0.39 is 0 Å². The van der Waals surface area contributed by atoms with E-state index in [4.69, 9.17) is 16.3 Å². The first-order valence-corrected chi connectivity index (χ1v) is 6.45. The molecule has 1 aliphatic rings. The van der Waals surface area contributed by atoms with E-state index in [0.717, 1.165) is 44.3 Å². The molecular weight excluding hydrogens is 236 g/mol. The van der Waals surface area contributed by atoms with Crippen LogP contribution in [0.4, 0.5) is 5.69 Å². The van der Waals surface area contributed by atoms with Crippen LogP contribution in [-0.2, 0) is 11.3 Å². The second-order valence-electron chi connectivity index (χ2n) is 4.26. The number of rotatable bonds is 3. The lowest BCUT2D eigenvalue weighted by atomic mass is 10.1. The molecule has 2 rings (SSSR count). The summed E-state index contributed by atoms with van der Waals surface area (Å²) >= 11 is 6.05. The van der Waals surface area contributed by atoms with Crippen LogP contribution < -0.4 is 10.2 Å². The predicted molar refractivity (Wildman–Crippen MR) is 71.9 cm³/mol. The summed E-state index contributed by atoms with van der Waals surface area (Å²) in [4.78, 5) is 2.38. The van der Waals surface area contributed by atoms with Gasteiger partial charge >= 0.3 is 0 Å². The van der Waals surface area contributed by atoms with Crippen LogP contribution in [0.1, 0.15) is 12.0 Å². The first-order valence-electron chi connectivity index (χ1n) is 6.07. The van der Waals surface area contributed by atoms with Crippen molar-refractivity contribution >= 4 is 17.3 Å². The van der Waals surface area contributed by atoms with Crippen molar-refractivity contribution in [2.45, 2.75) is 13.0 Å². The molecular formula is C13H19ClN2O. The number of nitrogens with one attached hydrogen (secondary N) is 1. The molecule has 1 aromatic carbocycles. The maximum absolute atomic E-state index is 6.05. The van der Waals surface area contributed by atoms with Gasteiger partial charge < -0.3 is 15.0 Å². The number of ether oxygens (including phenoxy) is 1. The van der Waals surface area contributed by atoms with Gasteiger partial charge in [0.15, 0.2) is 0 Å². The van der Waals surface area contributed by atoms with Gasteiger partial charge in [-0.3, -0.25) is 0 Å². The topological polar surface area (TPSA) is 24.5 Å². The molecule has 3 nitrogen and oxygen atoms in total. The maximum atomic E-state index is 6.05. The van der Waals surface area contributed by atoms with Crippen molar-refractivity contribution in [2.75, 3.05) is 38.3 Å². The van der Waals surface area contributed by atoms with Crippen LogP contribution in [0.3, 0.4) is 0 Å². The minimum absolute atomic E-state index is 0.796. The Morgan fingerprint density at radius 3 is 3.06 bits per heavy atom. The number of hydrogen-bond donors (Lipinski definition) is 1. The summed E-state index contributed by atoms with van der Waals surface area (Å²) in [6.07, 6.45) is 1.08. The Hall–Kier alpha value is -0.770. The third-order valence-electron chi connectivity index (χ3n) is 2.97. The molecule has 0 bridgehead atoms. The van der Waals surface area contributed by atoms with Gasteiger partial charge in [-0.1, -0.05) is 11.6 Å². The van der Waals surface area contributed by atoms with E-state index in [2.05, 4.69) is 16.3 Å². The Labute approximate surface area is 108 Å². The van der Waals surface area contributed by atoms with Gasteiger partial charge in [0.25, 0.3) is 0 Å². The number of halogens is 1.